The van der Waals surface area contributed by atoms with Gasteiger partial charge in [-0.3, -0.25) is 0 Å². The molecule has 6 heteroatoms. The Morgan fingerprint density at radius 3 is 2.06 bits per heavy atom. The van der Waals surface area contributed by atoms with Crippen molar-refractivity contribution in [3.8, 4) is 5.75 Å². The minimum atomic E-state index is -0.851. The maximum Gasteiger partial charge on any atom is 0.409 e. The summed E-state index contributed by atoms with van der Waals surface area (Å²) < 4.78 is 4.72. The van der Waals surface area contributed by atoms with E-state index in [9.17, 15) is 4.79 Å². The highest BCUT2D eigenvalue weighted by Gasteiger charge is 2.06. The van der Waals surface area contributed by atoms with Crippen molar-refractivity contribution in [3.63, 3.8) is 0 Å². The third-order valence-corrected chi connectivity index (χ3v) is 2.52. The van der Waals surface area contributed by atoms with E-state index in [-0.39, 0.29) is 0 Å². The van der Waals surface area contributed by atoms with Gasteiger partial charge in [0.25, 0.3) is 0 Å². The molecular formula is C11H12Cl3NO2. The Bertz CT molecular complexity index is 350. The first-order valence-electron chi connectivity index (χ1n) is 5.01. The Morgan fingerprint density at radius 2 is 1.65 bits per heavy atom. The maximum absolute atomic E-state index is 10.5. The van der Waals surface area contributed by atoms with Crippen molar-refractivity contribution in [2.24, 2.45) is 0 Å². The lowest BCUT2D eigenvalue weighted by atomic mass is 10.2. The number of hydrogen-bond donors (Lipinski definition) is 0. The first kappa shape index (κ1) is 14.4. The zero-order chi connectivity index (χ0) is 12.7. The SMILES string of the molecule is O=C(Cl)Oc1ccc(N(CCCl)CCCl)cc1. The number of anilines is 1. The third kappa shape index (κ3) is 5.02. The number of benzene rings is 1. The Labute approximate surface area is 115 Å². The average Bonchev–Trinajstić information content (AvgIpc) is 2.29. The van der Waals surface area contributed by atoms with E-state index >= 15 is 0 Å². The number of nitrogens with zero attached hydrogens (tertiary/aromatic N) is 1. The van der Waals surface area contributed by atoms with Crippen molar-refractivity contribution in [1.29, 1.82) is 0 Å². The van der Waals surface area contributed by atoms with Crippen LogP contribution in [-0.2, 0) is 0 Å². The lowest BCUT2D eigenvalue weighted by molar-refractivity contribution is 0.225. The number of hydrogen-bond acceptors (Lipinski definition) is 3. The minimum Gasteiger partial charge on any atom is -0.415 e. The summed E-state index contributed by atoms with van der Waals surface area (Å²) in [6.07, 6.45) is 0. The molecule has 0 aliphatic heterocycles. The molecule has 0 spiro atoms. The molecule has 0 N–H and O–H groups in total. The molecule has 0 fully saturated rings. The van der Waals surface area contributed by atoms with Crippen molar-refractivity contribution in [3.05, 3.63) is 24.3 Å². The molecule has 0 atom stereocenters. The molecule has 17 heavy (non-hydrogen) atoms. The number of halogens is 3. The number of carbonyl (C=O) groups is 1. The first-order chi connectivity index (χ1) is 8.17. The van der Waals surface area contributed by atoms with Gasteiger partial charge in [-0.1, -0.05) is 0 Å². The molecule has 0 saturated carbocycles. The van der Waals surface area contributed by atoms with Crippen LogP contribution < -0.4 is 9.64 Å². The Hall–Kier alpha value is -0.640. The second-order valence-electron chi connectivity index (χ2n) is 3.20. The summed E-state index contributed by atoms with van der Waals surface area (Å²) in [5.41, 5.74) is 0.122. The van der Waals surface area contributed by atoms with Gasteiger partial charge in [0, 0.05) is 42.1 Å². The van der Waals surface area contributed by atoms with Crippen molar-refractivity contribution < 1.29 is 9.53 Å². The molecule has 1 aromatic carbocycles. The molecule has 0 aliphatic carbocycles. The molecule has 94 valence electrons. The van der Waals surface area contributed by atoms with Gasteiger partial charge >= 0.3 is 5.43 Å². The van der Waals surface area contributed by atoms with E-state index in [0.29, 0.717) is 30.6 Å². The summed E-state index contributed by atoms with van der Waals surface area (Å²) >= 11 is 16.5. The van der Waals surface area contributed by atoms with E-state index in [0.717, 1.165) is 5.69 Å². The van der Waals surface area contributed by atoms with E-state index < -0.39 is 5.43 Å². The fraction of sp³-hybridized carbons (Fsp3) is 0.364. The normalized spacial score (nSPS) is 10.1. The van der Waals surface area contributed by atoms with Crippen LogP contribution in [0.15, 0.2) is 24.3 Å². The molecular weight excluding hydrogens is 284 g/mol. The fourth-order valence-electron chi connectivity index (χ4n) is 1.39. The molecule has 1 aromatic rings. The van der Waals surface area contributed by atoms with Gasteiger partial charge in [-0.2, -0.15) is 0 Å². The van der Waals surface area contributed by atoms with Gasteiger partial charge < -0.3 is 9.64 Å². The van der Waals surface area contributed by atoms with Crippen molar-refractivity contribution in [2.45, 2.75) is 0 Å². The number of rotatable bonds is 6. The monoisotopic (exact) mass is 295 g/mol. The standard InChI is InChI=1S/C11H12Cl3NO2/c12-5-7-15(8-6-13)9-1-3-10(4-2-9)17-11(14)16/h1-4H,5-8H2. The number of ether oxygens (including phenoxy) is 1. The molecule has 0 radical (unpaired) electrons. The van der Waals surface area contributed by atoms with Crippen molar-refractivity contribution in [1.82, 2.24) is 0 Å². The van der Waals surface area contributed by atoms with Gasteiger partial charge in [0.15, 0.2) is 0 Å². The van der Waals surface area contributed by atoms with Crippen LogP contribution in [0.3, 0.4) is 0 Å². The van der Waals surface area contributed by atoms with E-state index in [4.69, 9.17) is 39.5 Å². The predicted molar refractivity (Wildman–Crippen MR) is 72.0 cm³/mol. The molecule has 0 bridgehead atoms. The highest BCUT2D eigenvalue weighted by molar-refractivity contribution is 6.61. The van der Waals surface area contributed by atoms with E-state index in [1.54, 1.807) is 12.1 Å². The molecule has 0 aliphatic rings. The van der Waals surface area contributed by atoms with Crippen LogP contribution in [-0.4, -0.2) is 30.3 Å². The van der Waals surface area contributed by atoms with Crippen molar-refractivity contribution in [2.75, 3.05) is 29.7 Å². The summed E-state index contributed by atoms with van der Waals surface area (Å²) in [5, 5.41) is 0. The van der Waals surface area contributed by atoms with Crippen molar-refractivity contribution >= 4 is 45.9 Å². The molecule has 3 nitrogen and oxygen atoms in total. The Balaban J connectivity index is 2.72. The van der Waals surface area contributed by atoms with Gasteiger partial charge in [0.2, 0.25) is 0 Å². The van der Waals surface area contributed by atoms with Gasteiger partial charge in [0.05, 0.1) is 0 Å². The summed E-state index contributed by atoms with van der Waals surface area (Å²) in [6, 6.07) is 7.00. The molecule has 0 aromatic heterocycles. The van der Waals surface area contributed by atoms with E-state index in [1.165, 1.54) is 0 Å². The number of carbonyl (C=O) groups excluding carboxylic acids is 1. The van der Waals surface area contributed by atoms with Gasteiger partial charge in [0.1, 0.15) is 5.75 Å². The van der Waals surface area contributed by atoms with Crippen LogP contribution in [0.5, 0.6) is 5.75 Å². The zero-order valence-corrected chi connectivity index (χ0v) is 11.3. The average molecular weight is 297 g/mol. The van der Waals surface area contributed by atoms with E-state index in [1.807, 2.05) is 17.0 Å². The van der Waals surface area contributed by atoms with Crippen LogP contribution in [0, 0.1) is 0 Å². The zero-order valence-electron chi connectivity index (χ0n) is 9.04. The quantitative estimate of drug-likeness (QED) is 0.592. The topological polar surface area (TPSA) is 29.5 Å². The van der Waals surface area contributed by atoms with Crippen LogP contribution >= 0.6 is 34.8 Å². The van der Waals surface area contributed by atoms with Crippen LogP contribution in [0.2, 0.25) is 0 Å². The predicted octanol–water partition coefficient (Wildman–Crippen LogP) is 3.71. The third-order valence-electron chi connectivity index (χ3n) is 2.11. The maximum atomic E-state index is 10.5. The fourth-order valence-corrected chi connectivity index (χ4v) is 1.89. The van der Waals surface area contributed by atoms with Crippen LogP contribution in [0.25, 0.3) is 0 Å². The second kappa shape index (κ2) is 7.64. The van der Waals surface area contributed by atoms with Crippen LogP contribution in [0.1, 0.15) is 0 Å². The molecule has 0 amide bonds. The van der Waals surface area contributed by atoms with Crippen LogP contribution in [0.4, 0.5) is 10.5 Å². The summed E-state index contributed by atoms with van der Waals surface area (Å²) in [7, 11) is 0. The molecule has 1 rings (SSSR count). The molecule has 0 unspecified atom stereocenters. The lowest BCUT2D eigenvalue weighted by Crippen LogP contribution is -2.27. The summed E-state index contributed by atoms with van der Waals surface area (Å²) in [4.78, 5) is 12.6. The summed E-state index contributed by atoms with van der Waals surface area (Å²) in [5.74, 6) is 1.45. The van der Waals surface area contributed by atoms with Gasteiger partial charge in [-0.05, 0) is 24.3 Å². The largest absolute Gasteiger partial charge is 0.415 e. The van der Waals surface area contributed by atoms with E-state index in [2.05, 4.69) is 0 Å². The minimum absolute atomic E-state index is 0.408. The van der Waals surface area contributed by atoms with Gasteiger partial charge in [-0.15, -0.1) is 23.2 Å². The molecule has 0 saturated heterocycles. The summed E-state index contributed by atoms with van der Waals surface area (Å²) in [6.45, 7) is 1.42. The van der Waals surface area contributed by atoms with Gasteiger partial charge in [-0.25, -0.2) is 4.79 Å². The smallest absolute Gasteiger partial charge is 0.409 e. The lowest BCUT2D eigenvalue weighted by Gasteiger charge is -2.22. The first-order valence-corrected chi connectivity index (χ1v) is 6.46. The highest BCUT2D eigenvalue weighted by atomic mass is 35.5. The Morgan fingerprint density at radius 1 is 1.12 bits per heavy atom. The Kier molecular flexibility index (Phi) is 6.48. The highest BCUT2D eigenvalue weighted by Crippen LogP contribution is 2.20. The second-order valence-corrected chi connectivity index (χ2v) is 4.26. The number of alkyl halides is 2. The molecule has 0 heterocycles.